The summed E-state index contributed by atoms with van der Waals surface area (Å²) >= 11 is 0. The number of ether oxygens (including phenoxy) is 2. The van der Waals surface area contributed by atoms with Gasteiger partial charge >= 0.3 is 0 Å². The second kappa shape index (κ2) is 6.07. The summed E-state index contributed by atoms with van der Waals surface area (Å²) in [5, 5.41) is 0. The van der Waals surface area contributed by atoms with E-state index in [1.165, 1.54) is 12.5 Å². The van der Waals surface area contributed by atoms with Crippen molar-refractivity contribution in [1.82, 2.24) is 0 Å². The minimum atomic E-state index is -4.05. The quantitative estimate of drug-likeness (QED) is 0.621. The average Bonchev–Trinajstić information content (AvgIpc) is 2.63. The Bertz CT molecular complexity index is 470. The van der Waals surface area contributed by atoms with E-state index >= 15 is 0 Å². The summed E-state index contributed by atoms with van der Waals surface area (Å²) in [6.07, 6.45) is 3.11. The average molecular weight is 316 g/mol. The summed E-state index contributed by atoms with van der Waals surface area (Å²) in [7, 11) is -8.11. The molecule has 1 aliphatic rings. The maximum Gasteiger partial charge on any atom is 0.264 e. The van der Waals surface area contributed by atoms with E-state index in [0.29, 0.717) is 0 Å². The standard InChI is InChI=1S/C9H16O8S2/c10-18(11,12)7-1-3-9(16-5-6-17-9)4-2-8-19(13,14)15/h5-6H,1-4,7-8H2,(H,10,11,12)(H,13,14,15). The van der Waals surface area contributed by atoms with Gasteiger partial charge in [-0.2, -0.15) is 16.8 Å². The molecule has 0 amide bonds. The van der Waals surface area contributed by atoms with Gasteiger partial charge in [0.15, 0.2) is 0 Å². The third kappa shape index (κ3) is 6.76. The fraction of sp³-hybridized carbons (Fsp3) is 0.778. The molecule has 0 saturated carbocycles. The lowest BCUT2D eigenvalue weighted by Gasteiger charge is -2.27. The van der Waals surface area contributed by atoms with E-state index in [1.54, 1.807) is 0 Å². The normalized spacial score (nSPS) is 18.0. The van der Waals surface area contributed by atoms with Crippen molar-refractivity contribution in [3.8, 4) is 0 Å². The van der Waals surface area contributed by atoms with Crippen molar-refractivity contribution in [2.24, 2.45) is 0 Å². The van der Waals surface area contributed by atoms with Crippen LogP contribution in [0.15, 0.2) is 12.5 Å². The first kappa shape index (κ1) is 16.2. The van der Waals surface area contributed by atoms with Crippen LogP contribution in [-0.4, -0.2) is 43.2 Å². The molecule has 2 N–H and O–H groups in total. The van der Waals surface area contributed by atoms with E-state index in [-0.39, 0.29) is 25.7 Å². The first-order chi connectivity index (χ1) is 8.62. The second-order valence-corrected chi connectivity index (χ2v) is 7.34. The Hall–Kier alpha value is -0.840. The minimum absolute atomic E-state index is 0.104. The van der Waals surface area contributed by atoms with Crippen LogP contribution in [0.4, 0.5) is 0 Å². The highest BCUT2D eigenvalue weighted by atomic mass is 32.2. The molecule has 1 heterocycles. The Kier molecular flexibility index (Phi) is 5.18. The second-order valence-electron chi connectivity index (χ2n) is 4.20. The van der Waals surface area contributed by atoms with Crippen LogP contribution in [0.3, 0.4) is 0 Å². The van der Waals surface area contributed by atoms with E-state index in [9.17, 15) is 16.8 Å². The fourth-order valence-corrected chi connectivity index (χ4v) is 2.76. The van der Waals surface area contributed by atoms with Crippen LogP contribution in [0.2, 0.25) is 0 Å². The Balaban J connectivity index is 2.46. The molecule has 0 unspecified atom stereocenters. The highest BCUT2D eigenvalue weighted by molar-refractivity contribution is 7.86. The first-order valence-electron chi connectivity index (χ1n) is 5.53. The topological polar surface area (TPSA) is 127 Å². The number of hydrogen-bond acceptors (Lipinski definition) is 6. The van der Waals surface area contributed by atoms with Crippen molar-refractivity contribution in [2.75, 3.05) is 11.5 Å². The Morgan fingerprint density at radius 3 is 1.53 bits per heavy atom. The van der Waals surface area contributed by atoms with Gasteiger partial charge in [0.1, 0.15) is 12.5 Å². The van der Waals surface area contributed by atoms with E-state index < -0.39 is 37.5 Å². The monoisotopic (exact) mass is 316 g/mol. The third-order valence-corrected chi connectivity index (χ3v) is 4.15. The molecule has 1 rings (SSSR count). The summed E-state index contributed by atoms with van der Waals surface area (Å²) in [5.41, 5.74) is 0. The van der Waals surface area contributed by atoms with E-state index in [1.807, 2.05) is 0 Å². The van der Waals surface area contributed by atoms with Crippen LogP contribution >= 0.6 is 0 Å². The van der Waals surface area contributed by atoms with Gasteiger partial charge < -0.3 is 9.47 Å². The predicted octanol–water partition coefficient (Wildman–Crippen LogP) is 0.537. The molecule has 1 aliphatic heterocycles. The zero-order valence-corrected chi connectivity index (χ0v) is 11.7. The summed E-state index contributed by atoms with van der Waals surface area (Å²) in [6.45, 7) is 0. The Morgan fingerprint density at radius 2 is 1.21 bits per heavy atom. The van der Waals surface area contributed by atoms with Crippen LogP contribution in [0.25, 0.3) is 0 Å². The van der Waals surface area contributed by atoms with Gasteiger partial charge in [-0.1, -0.05) is 0 Å². The van der Waals surface area contributed by atoms with Crippen molar-refractivity contribution in [1.29, 1.82) is 0 Å². The van der Waals surface area contributed by atoms with Crippen LogP contribution < -0.4 is 0 Å². The van der Waals surface area contributed by atoms with Gasteiger partial charge in [0, 0.05) is 12.8 Å². The van der Waals surface area contributed by atoms with Gasteiger partial charge in [-0.05, 0) is 12.8 Å². The summed E-state index contributed by atoms with van der Waals surface area (Å²) in [4.78, 5) is 0. The van der Waals surface area contributed by atoms with Crippen molar-refractivity contribution in [3.05, 3.63) is 12.5 Å². The zero-order valence-electron chi connectivity index (χ0n) is 10.1. The largest absolute Gasteiger partial charge is 0.457 e. The lowest BCUT2D eigenvalue weighted by Crippen LogP contribution is -2.31. The van der Waals surface area contributed by atoms with Crippen LogP contribution in [0.1, 0.15) is 25.7 Å². The van der Waals surface area contributed by atoms with Crippen molar-refractivity contribution < 1.29 is 35.4 Å². The van der Waals surface area contributed by atoms with Gasteiger partial charge in [0.25, 0.3) is 20.2 Å². The molecule has 0 spiro atoms. The summed E-state index contributed by atoms with van der Waals surface area (Å²) < 4.78 is 70.1. The highest BCUT2D eigenvalue weighted by Gasteiger charge is 2.35. The first-order valence-corrected chi connectivity index (χ1v) is 8.75. The molecule has 0 atom stereocenters. The van der Waals surface area contributed by atoms with Crippen LogP contribution in [0.5, 0.6) is 0 Å². The smallest absolute Gasteiger partial charge is 0.264 e. The van der Waals surface area contributed by atoms with Gasteiger partial charge in [0.2, 0.25) is 5.79 Å². The SMILES string of the molecule is O=S(=O)(O)CCCC1(CCCS(=O)(=O)O)OC=CO1. The molecule has 0 saturated heterocycles. The molecule has 0 aromatic heterocycles. The molecule has 0 aliphatic carbocycles. The molecule has 10 heteroatoms. The van der Waals surface area contributed by atoms with Gasteiger partial charge in [-0.3, -0.25) is 9.11 Å². The maximum absolute atomic E-state index is 10.6. The van der Waals surface area contributed by atoms with Gasteiger partial charge in [-0.25, -0.2) is 0 Å². The Labute approximate surface area is 111 Å². The molecular weight excluding hydrogens is 300 g/mol. The fourth-order valence-electron chi connectivity index (χ4n) is 1.74. The molecule has 8 nitrogen and oxygen atoms in total. The van der Waals surface area contributed by atoms with E-state index in [2.05, 4.69) is 0 Å². The van der Waals surface area contributed by atoms with Crippen LogP contribution in [-0.2, 0) is 29.7 Å². The van der Waals surface area contributed by atoms with Gasteiger partial charge in [0.05, 0.1) is 11.5 Å². The van der Waals surface area contributed by atoms with Crippen molar-refractivity contribution in [2.45, 2.75) is 31.5 Å². The Morgan fingerprint density at radius 1 is 0.842 bits per heavy atom. The van der Waals surface area contributed by atoms with E-state index in [4.69, 9.17) is 18.6 Å². The lowest BCUT2D eigenvalue weighted by atomic mass is 10.1. The molecule has 19 heavy (non-hydrogen) atoms. The van der Waals surface area contributed by atoms with E-state index in [0.717, 1.165) is 0 Å². The lowest BCUT2D eigenvalue weighted by molar-refractivity contribution is -0.151. The molecule has 0 aromatic rings. The molecule has 0 aromatic carbocycles. The number of hydrogen-bond donors (Lipinski definition) is 2. The highest BCUT2D eigenvalue weighted by Crippen LogP contribution is 2.31. The number of rotatable bonds is 8. The van der Waals surface area contributed by atoms with Gasteiger partial charge in [-0.15, -0.1) is 0 Å². The van der Waals surface area contributed by atoms with Crippen molar-refractivity contribution >= 4 is 20.2 Å². The molecule has 0 fully saturated rings. The summed E-state index contributed by atoms with van der Waals surface area (Å²) in [5.74, 6) is -1.99. The molecular formula is C9H16O8S2. The van der Waals surface area contributed by atoms with Crippen molar-refractivity contribution in [3.63, 3.8) is 0 Å². The third-order valence-electron chi connectivity index (χ3n) is 2.54. The zero-order chi connectivity index (χ0) is 14.6. The molecule has 112 valence electrons. The molecule has 0 radical (unpaired) electrons. The molecule has 0 bridgehead atoms. The van der Waals surface area contributed by atoms with Crippen LogP contribution in [0, 0.1) is 0 Å². The predicted molar refractivity (Wildman–Crippen MR) is 65.3 cm³/mol. The minimum Gasteiger partial charge on any atom is -0.457 e. The maximum atomic E-state index is 10.6. The summed E-state index contributed by atoms with van der Waals surface area (Å²) in [6, 6.07) is 0.